The smallest absolute Gasteiger partial charge is 0.257 e. The summed E-state index contributed by atoms with van der Waals surface area (Å²) in [6, 6.07) is 15.3. The summed E-state index contributed by atoms with van der Waals surface area (Å²) in [6.45, 7) is 1.52. The third kappa shape index (κ3) is 6.01. The molecule has 0 atom stereocenters. The van der Waals surface area contributed by atoms with E-state index < -0.39 is 0 Å². The lowest BCUT2D eigenvalue weighted by Gasteiger charge is -2.22. The van der Waals surface area contributed by atoms with E-state index in [0.717, 1.165) is 23.8 Å². The molecule has 0 spiro atoms. The molecule has 1 aromatic heterocycles. The lowest BCUT2D eigenvalue weighted by Crippen LogP contribution is -2.31. The van der Waals surface area contributed by atoms with Gasteiger partial charge in [-0.3, -0.25) is 4.79 Å². The van der Waals surface area contributed by atoms with Crippen LogP contribution in [0.1, 0.15) is 44.3 Å². The molecule has 1 saturated carbocycles. The monoisotopic (exact) mass is 439 g/mol. The van der Waals surface area contributed by atoms with Crippen molar-refractivity contribution < 1.29 is 9.53 Å². The normalized spacial score (nSPS) is 14.6. The Labute approximate surface area is 188 Å². The van der Waals surface area contributed by atoms with Crippen LogP contribution in [0.15, 0.2) is 48.5 Å². The molecule has 0 radical (unpaired) electrons. The van der Waals surface area contributed by atoms with Crippen LogP contribution < -0.4 is 10.1 Å². The quantitative estimate of drug-likeness (QED) is 0.485. The van der Waals surface area contributed by atoms with Crippen molar-refractivity contribution in [2.45, 2.75) is 51.5 Å². The van der Waals surface area contributed by atoms with E-state index in [2.05, 4.69) is 28.1 Å². The maximum absolute atomic E-state index is 12.2. The first-order valence-corrected chi connectivity index (χ1v) is 11.7. The minimum absolute atomic E-state index is 0.0142. The molecule has 1 fully saturated rings. The molecule has 2 aromatic carbocycles. The zero-order valence-corrected chi connectivity index (χ0v) is 18.6. The van der Waals surface area contributed by atoms with Gasteiger partial charge in [0.15, 0.2) is 6.61 Å². The van der Waals surface area contributed by atoms with Crippen LogP contribution in [0, 0.1) is 5.92 Å². The van der Waals surface area contributed by atoms with Crippen molar-refractivity contribution in [3.05, 3.63) is 59.4 Å². The third-order valence-electron chi connectivity index (χ3n) is 6.07. The average Bonchev–Trinajstić information content (AvgIpc) is 3.15. The predicted octanol–water partition coefficient (Wildman–Crippen LogP) is 5.40. The molecule has 5 nitrogen and oxygen atoms in total. The standard InChI is InChI=1S/C25H30ClN3O2/c26-20-10-12-21(13-11-20)31-18-25(30)27-16-14-24-28-22-8-4-5-9-23(22)29(24)17-15-19-6-2-1-3-7-19/h4-5,8-13,19H,1-3,6-7,14-18H2,(H,27,30). The molecule has 4 rings (SSSR count). The lowest BCUT2D eigenvalue weighted by molar-refractivity contribution is -0.123. The fourth-order valence-electron chi connectivity index (χ4n) is 4.40. The van der Waals surface area contributed by atoms with Gasteiger partial charge in [-0.1, -0.05) is 55.8 Å². The first-order chi connectivity index (χ1) is 15.2. The fraction of sp³-hybridized carbons (Fsp3) is 0.440. The van der Waals surface area contributed by atoms with E-state index in [1.54, 1.807) is 24.3 Å². The Kier molecular flexibility index (Phi) is 7.47. The average molecular weight is 440 g/mol. The number of rotatable bonds is 9. The molecule has 31 heavy (non-hydrogen) atoms. The van der Waals surface area contributed by atoms with Crippen molar-refractivity contribution in [2.75, 3.05) is 13.2 Å². The number of nitrogens with zero attached hydrogens (tertiary/aromatic N) is 2. The number of imidazole rings is 1. The summed E-state index contributed by atoms with van der Waals surface area (Å²) in [5.74, 6) is 2.35. The van der Waals surface area contributed by atoms with Gasteiger partial charge in [-0.2, -0.15) is 0 Å². The third-order valence-corrected chi connectivity index (χ3v) is 6.33. The number of carbonyl (C=O) groups excluding carboxylic acids is 1. The fourth-order valence-corrected chi connectivity index (χ4v) is 4.52. The number of ether oxygens (including phenoxy) is 1. The molecule has 0 unspecified atom stereocenters. The Balaban J connectivity index is 1.31. The van der Waals surface area contributed by atoms with Crippen LogP contribution in [0.3, 0.4) is 0 Å². The van der Waals surface area contributed by atoms with Crippen LogP contribution in [0.25, 0.3) is 11.0 Å². The van der Waals surface area contributed by atoms with Crippen molar-refractivity contribution >= 4 is 28.5 Å². The van der Waals surface area contributed by atoms with Crippen molar-refractivity contribution in [1.82, 2.24) is 14.9 Å². The predicted molar refractivity (Wildman–Crippen MR) is 125 cm³/mol. The first-order valence-electron chi connectivity index (χ1n) is 11.3. The van der Waals surface area contributed by atoms with Gasteiger partial charge in [0.25, 0.3) is 5.91 Å². The summed E-state index contributed by atoms with van der Waals surface area (Å²) in [5, 5.41) is 3.59. The number of hydrogen-bond acceptors (Lipinski definition) is 3. The molecule has 1 amide bonds. The highest BCUT2D eigenvalue weighted by Crippen LogP contribution is 2.28. The SMILES string of the molecule is O=C(COc1ccc(Cl)cc1)NCCc1nc2ccccc2n1CCC1CCCCC1. The Bertz CT molecular complexity index is 994. The molecule has 1 aliphatic rings. The number of amides is 1. The topological polar surface area (TPSA) is 56.1 Å². The molecule has 1 aliphatic carbocycles. The van der Waals surface area contributed by atoms with Gasteiger partial charge in [-0.25, -0.2) is 4.98 Å². The highest BCUT2D eigenvalue weighted by molar-refractivity contribution is 6.30. The van der Waals surface area contributed by atoms with E-state index >= 15 is 0 Å². The Morgan fingerprint density at radius 3 is 2.68 bits per heavy atom. The van der Waals surface area contributed by atoms with Crippen LogP contribution >= 0.6 is 11.6 Å². The van der Waals surface area contributed by atoms with Crippen molar-refractivity contribution in [3.8, 4) is 5.75 Å². The maximum Gasteiger partial charge on any atom is 0.257 e. The first kappa shape index (κ1) is 21.7. The van der Waals surface area contributed by atoms with Crippen molar-refractivity contribution in [2.24, 2.45) is 5.92 Å². The maximum atomic E-state index is 12.2. The molecular formula is C25H30ClN3O2. The molecule has 6 heteroatoms. The summed E-state index contributed by atoms with van der Waals surface area (Å²) in [4.78, 5) is 17.0. The molecule has 1 heterocycles. The lowest BCUT2D eigenvalue weighted by atomic mass is 9.87. The number of aryl methyl sites for hydroxylation is 1. The Morgan fingerprint density at radius 1 is 1.10 bits per heavy atom. The number of para-hydroxylation sites is 2. The summed E-state index contributed by atoms with van der Waals surface area (Å²) in [5.41, 5.74) is 2.21. The van der Waals surface area contributed by atoms with Gasteiger partial charge in [0, 0.05) is 24.5 Å². The molecule has 0 aliphatic heterocycles. The van der Waals surface area contributed by atoms with E-state index in [-0.39, 0.29) is 12.5 Å². The summed E-state index contributed by atoms with van der Waals surface area (Å²) in [6.07, 6.45) is 8.73. The van der Waals surface area contributed by atoms with Crippen LogP contribution in [0.2, 0.25) is 5.02 Å². The van der Waals surface area contributed by atoms with Crippen LogP contribution in [-0.4, -0.2) is 28.6 Å². The van der Waals surface area contributed by atoms with Gasteiger partial charge in [-0.15, -0.1) is 0 Å². The second kappa shape index (κ2) is 10.7. The van der Waals surface area contributed by atoms with E-state index in [1.165, 1.54) is 44.0 Å². The van der Waals surface area contributed by atoms with Crippen LogP contribution in [0.5, 0.6) is 5.75 Å². The van der Waals surface area contributed by atoms with Gasteiger partial charge >= 0.3 is 0 Å². The molecule has 1 N–H and O–H groups in total. The summed E-state index contributed by atoms with van der Waals surface area (Å²) in [7, 11) is 0. The van der Waals surface area contributed by atoms with E-state index in [0.29, 0.717) is 23.7 Å². The zero-order valence-electron chi connectivity index (χ0n) is 17.9. The number of halogens is 1. The number of nitrogens with one attached hydrogen (secondary N) is 1. The van der Waals surface area contributed by atoms with Gasteiger partial charge in [0.1, 0.15) is 11.6 Å². The van der Waals surface area contributed by atoms with E-state index in [9.17, 15) is 4.79 Å². The minimum Gasteiger partial charge on any atom is -0.484 e. The molecular weight excluding hydrogens is 410 g/mol. The minimum atomic E-state index is -0.139. The number of aromatic nitrogens is 2. The van der Waals surface area contributed by atoms with Gasteiger partial charge in [0.2, 0.25) is 0 Å². The summed E-state index contributed by atoms with van der Waals surface area (Å²) >= 11 is 5.87. The van der Waals surface area contributed by atoms with Gasteiger partial charge in [0.05, 0.1) is 11.0 Å². The number of fused-ring (bicyclic) bond motifs is 1. The van der Waals surface area contributed by atoms with Crippen LogP contribution in [0.4, 0.5) is 0 Å². The number of benzene rings is 2. The van der Waals surface area contributed by atoms with Gasteiger partial charge < -0.3 is 14.6 Å². The van der Waals surface area contributed by atoms with Crippen LogP contribution in [-0.2, 0) is 17.8 Å². The van der Waals surface area contributed by atoms with Crippen molar-refractivity contribution in [3.63, 3.8) is 0 Å². The Hall–Kier alpha value is -2.53. The van der Waals surface area contributed by atoms with Crippen molar-refractivity contribution in [1.29, 1.82) is 0 Å². The number of hydrogen-bond donors (Lipinski definition) is 1. The largest absolute Gasteiger partial charge is 0.484 e. The Morgan fingerprint density at radius 2 is 1.87 bits per heavy atom. The number of carbonyl (C=O) groups is 1. The highest BCUT2D eigenvalue weighted by Gasteiger charge is 2.16. The van der Waals surface area contributed by atoms with E-state index in [4.69, 9.17) is 21.3 Å². The second-order valence-corrected chi connectivity index (χ2v) is 8.74. The molecule has 3 aromatic rings. The molecule has 0 bridgehead atoms. The molecule has 164 valence electrons. The zero-order chi connectivity index (χ0) is 21.5. The molecule has 0 saturated heterocycles. The van der Waals surface area contributed by atoms with Gasteiger partial charge in [-0.05, 0) is 48.7 Å². The highest BCUT2D eigenvalue weighted by atomic mass is 35.5. The second-order valence-electron chi connectivity index (χ2n) is 8.30. The summed E-state index contributed by atoms with van der Waals surface area (Å²) < 4.78 is 7.86. The van der Waals surface area contributed by atoms with E-state index in [1.807, 2.05) is 6.07 Å².